The van der Waals surface area contributed by atoms with E-state index in [-0.39, 0.29) is 5.84 Å². The van der Waals surface area contributed by atoms with E-state index < -0.39 is 0 Å². The van der Waals surface area contributed by atoms with Crippen molar-refractivity contribution in [2.75, 3.05) is 7.11 Å². The van der Waals surface area contributed by atoms with Crippen molar-refractivity contribution >= 4 is 17.6 Å². The molecule has 0 aliphatic carbocycles. The second-order valence-corrected chi connectivity index (χ2v) is 5.27. The van der Waals surface area contributed by atoms with Crippen molar-refractivity contribution in [2.45, 2.75) is 17.8 Å². The van der Waals surface area contributed by atoms with E-state index in [0.717, 1.165) is 22.3 Å². The number of nitrogens with two attached hydrogens (primary N) is 1. The molecule has 0 saturated carbocycles. The third-order valence-electron chi connectivity index (χ3n) is 2.98. The molecule has 0 fully saturated rings. The Labute approximate surface area is 121 Å². The SMILES string of the molecule is COc1cc(CSc2nnc(C)n2C)ccc1C(=N)N. The Morgan fingerprint density at radius 3 is 2.75 bits per heavy atom. The van der Waals surface area contributed by atoms with Gasteiger partial charge in [-0.25, -0.2) is 0 Å². The summed E-state index contributed by atoms with van der Waals surface area (Å²) in [5, 5.41) is 16.5. The summed E-state index contributed by atoms with van der Waals surface area (Å²) in [4.78, 5) is 0. The summed E-state index contributed by atoms with van der Waals surface area (Å²) in [5.74, 6) is 2.26. The number of nitrogens with zero attached hydrogens (tertiary/aromatic N) is 3. The van der Waals surface area contributed by atoms with Crippen molar-refractivity contribution in [3.63, 3.8) is 0 Å². The Morgan fingerprint density at radius 2 is 2.20 bits per heavy atom. The number of nitrogens with one attached hydrogen (secondary N) is 1. The fourth-order valence-corrected chi connectivity index (χ4v) is 2.61. The Balaban J connectivity index is 2.14. The van der Waals surface area contributed by atoms with Crippen LogP contribution in [0.15, 0.2) is 23.4 Å². The van der Waals surface area contributed by atoms with Crippen LogP contribution in [0, 0.1) is 12.3 Å². The molecule has 0 saturated heterocycles. The predicted octanol–water partition coefficient (Wildman–Crippen LogP) is 1.71. The zero-order chi connectivity index (χ0) is 14.7. The highest BCUT2D eigenvalue weighted by Gasteiger charge is 2.09. The average molecular weight is 291 g/mol. The number of ether oxygens (including phenoxy) is 1. The second-order valence-electron chi connectivity index (χ2n) is 4.33. The van der Waals surface area contributed by atoms with Crippen LogP contribution in [0.25, 0.3) is 0 Å². The first-order chi connectivity index (χ1) is 9.52. The van der Waals surface area contributed by atoms with Gasteiger partial charge in [-0.15, -0.1) is 10.2 Å². The highest BCUT2D eigenvalue weighted by Crippen LogP contribution is 2.25. The van der Waals surface area contributed by atoms with Crippen LogP contribution in [0.3, 0.4) is 0 Å². The summed E-state index contributed by atoms with van der Waals surface area (Å²) >= 11 is 1.60. The molecule has 20 heavy (non-hydrogen) atoms. The maximum Gasteiger partial charge on any atom is 0.191 e. The molecule has 0 bridgehead atoms. The van der Waals surface area contributed by atoms with Gasteiger partial charge in [0.15, 0.2) is 5.16 Å². The third-order valence-corrected chi connectivity index (χ3v) is 4.07. The van der Waals surface area contributed by atoms with Gasteiger partial charge in [0.2, 0.25) is 0 Å². The molecule has 0 aliphatic heterocycles. The van der Waals surface area contributed by atoms with Gasteiger partial charge in [-0.2, -0.15) is 0 Å². The first kappa shape index (κ1) is 14.4. The summed E-state index contributed by atoms with van der Waals surface area (Å²) in [6.07, 6.45) is 0. The Morgan fingerprint density at radius 1 is 1.45 bits per heavy atom. The van der Waals surface area contributed by atoms with Crippen LogP contribution in [0.4, 0.5) is 0 Å². The molecule has 2 aromatic rings. The molecule has 106 valence electrons. The molecule has 0 atom stereocenters. The van der Waals surface area contributed by atoms with E-state index in [4.69, 9.17) is 15.9 Å². The van der Waals surface area contributed by atoms with E-state index in [2.05, 4.69) is 10.2 Å². The van der Waals surface area contributed by atoms with E-state index >= 15 is 0 Å². The zero-order valence-corrected chi connectivity index (χ0v) is 12.5. The van der Waals surface area contributed by atoms with Crippen molar-refractivity contribution in [3.8, 4) is 5.75 Å². The number of hydrogen-bond acceptors (Lipinski definition) is 5. The quantitative estimate of drug-likeness (QED) is 0.497. The van der Waals surface area contributed by atoms with Crippen LogP contribution < -0.4 is 10.5 Å². The molecule has 7 heteroatoms. The van der Waals surface area contributed by atoms with Gasteiger partial charge < -0.3 is 15.0 Å². The Hall–Kier alpha value is -2.02. The highest BCUT2D eigenvalue weighted by atomic mass is 32.2. The Bertz CT molecular complexity index is 638. The largest absolute Gasteiger partial charge is 0.496 e. The smallest absolute Gasteiger partial charge is 0.191 e. The van der Waals surface area contributed by atoms with Crippen LogP contribution in [-0.2, 0) is 12.8 Å². The lowest BCUT2D eigenvalue weighted by molar-refractivity contribution is 0.413. The minimum absolute atomic E-state index is 0.00461. The predicted molar refractivity (Wildman–Crippen MR) is 79.3 cm³/mol. The molecular weight excluding hydrogens is 274 g/mol. The number of aromatic nitrogens is 3. The van der Waals surface area contributed by atoms with E-state index in [1.54, 1.807) is 24.9 Å². The molecule has 1 aromatic heterocycles. The first-order valence-corrected chi connectivity index (χ1v) is 7.01. The van der Waals surface area contributed by atoms with Crippen LogP contribution >= 0.6 is 11.8 Å². The van der Waals surface area contributed by atoms with Gasteiger partial charge in [-0.1, -0.05) is 17.8 Å². The molecule has 6 nitrogen and oxygen atoms in total. The molecular formula is C13H17N5OS. The van der Waals surface area contributed by atoms with Crippen molar-refractivity contribution in [1.82, 2.24) is 14.8 Å². The van der Waals surface area contributed by atoms with E-state index in [0.29, 0.717) is 11.3 Å². The molecule has 1 aromatic carbocycles. The lowest BCUT2D eigenvalue weighted by atomic mass is 10.1. The Kier molecular flexibility index (Phi) is 4.29. The minimum Gasteiger partial charge on any atom is -0.496 e. The number of aryl methyl sites for hydroxylation is 1. The van der Waals surface area contributed by atoms with Crippen molar-refractivity contribution in [1.29, 1.82) is 5.41 Å². The van der Waals surface area contributed by atoms with Crippen LogP contribution in [0.2, 0.25) is 0 Å². The molecule has 0 amide bonds. The van der Waals surface area contributed by atoms with Crippen molar-refractivity contribution < 1.29 is 4.74 Å². The lowest BCUT2D eigenvalue weighted by Crippen LogP contribution is -2.12. The number of thioether (sulfide) groups is 1. The van der Waals surface area contributed by atoms with Gasteiger partial charge in [-0.3, -0.25) is 5.41 Å². The zero-order valence-electron chi connectivity index (χ0n) is 11.7. The summed E-state index contributed by atoms with van der Waals surface area (Å²) in [5.41, 5.74) is 7.19. The number of hydrogen-bond donors (Lipinski definition) is 2. The minimum atomic E-state index is 0.00461. The van der Waals surface area contributed by atoms with Crippen LogP contribution in [0.5, 0.6) is 5.75 Å². The van der Waals surface area contributed by atoms with Crippen LogP contribution in [0.1, 0.15) is 17.0 Å². The van der Waals surface area contributed by atoms with Gasteiger partial charge in [0, 0.05) is 12.8 Å². The molecule has 0 radical (unpaired) electrons. The molecule has 0 aliphatic rings. The van der Waals surface area contributed by atoms with E-state index in [1.807, 2.05) is 30.7 Å². The monoisotopic (exact) mass is 291 g/mol. The summed E-state index contributed by atoms with van der Waals surface area (Å²) in [6.45, 7) is 1.92. The normalized spacial score (nSPS) is 10.6. The molecule has 0 unspecified atom stereocenters. The number of nitrogen functional groups attached to an aromatic ring is 1. The van der Waals surface area contributed by atoms with E-state index in [1.165, 1.54) is 0 Å². The van der Waals surface area contributed by atoms with Gasteiger partial charge in [0.1, 0.15) is 17.4 Å². The fraction of sp³-hybridized carbons (Fsp3) is 0.308. The topological polar surface area (TPSA) is 89.8 Å². The van der Waals surface area contributed by atoms with Gasteiger partial charge in [0.25, 0.3) is 0 Å². The number of rotatable bonds is 5. The average Bonchev–Trinajstić information content (AvgIpc) is 2.76. The maximum atomic E-state index is 7.49. The summed E-state index contributed by atoms with van der Waals surface area (Å²) in [6, 6.07) is 5.64. The molecule has 1 heterocycles. The van der Waals surface area contributed by atoms with E-state index in [9.17, 15) is 0 Å². The summed E-state index contributed by atoms with van der Waals surface area (Å²) < 4.78 is 7.21. The van der Waals surface area contributed by atoms with Crippen molar-refractivity contribution in [2.24, 2.45) is 12.8 Å². The molecule has 3 N–H and O–H groups in total. The number of benzene rings is 1. The van der Waals surface area contributed by atoms with Gasteiger partial charge in [0.05, 0.1) is 12.7 Å². The maximum absolute atomic E-state index is 7.49. The highest BCUT2D eigenvalue weighted by molar-refractivity contribution is 7.98. The fourth-order valence-electron chi connectivity index (χ4n) is 1.71. The number of methoxy groups -OCH3 is 1. The van der Waals surface area contributed by atoms with Gasteiger partial charge in [-0.05, 0) is 24.6 Å². The third kappa shape index (κ3) is 2.93. The standard InChI is InChI=1S/C13H17N5OS/c1-8-16-17-13(18(8)2)20-7-9-4-5-10(12(14)15)11(6-9)19-3/h4-6H,7H2,1-3H3,(H3,14,15). The first-order valence-electron chi connectivity index (χ1n) is 6.03. The molecule has 2 rings (SSSR count). The number of amidine groups is 1. The lowest BCUT2D eigenvalue weighted by Gasteiger charge is -2.09. The van der Waals surface area contributed by atoms with Crippen molar-refractivity contribution in [3.05, 3.63) is 35.2 Å². The molecule has 0 spiro atoms. The van der Waals surface area contributed by atoms with Crippen LogP contribution in [-0.4, -0.2) is 27.7 Å². The summed E-state index contributed by atoms with van der Waals surface area (Å²) in [7, 11) is 3.52. The second kappa shape index (κ2) is 5.96. The van der Waals surface area contributed by atoms with Gasteiger partial charge >= 0.3 is 0 Å².